The number of anilines is 1. The molecule has 0 fully saturated rings. The van der Waals surface area contributed by atoms with Gasteiger partial charge >= 0.3 is 0 Å². The summed E-state index contributed by atoms with van der Waals surface area (Å²) in [6.07, 6.45) is 1.04. The second-order valence-electron chi connectivity index (χ2n) is 6.25. The summed E-state index contributed by atoms with van der Waals surface area (Å²) in [6.45, 7) is 3.48. The Balaban J connectivity index is 2.27. The number of rotatable bonds is 7. The first-order valence-corrected chi connectivity index (χ1v) is 10.1. The third-order valence-electron chi connectivity index (χ3n) is 4.04. The Morgan fingerprint density at radius 2 is 1.85 bits per heavy atom. The van der Waals surface area contributed by atoms with Crippen LogP contribution in [0, 0.1) is 12.7 Å². The van der Waals surface area contributed by atoms with Crippen molar-refractivity contribution in [2.45, 2.75) is 26.4 Å². The van der Waals surface area contributed by atoms with Crippen LogP contribution in [0.1, 0.15) is 18.1 Å². The zero-order valence-electron chi connectivity index (χ0n) is 15.7. The highest BCUT2D eigenvalue weighted by molar-refractivity contribution is 7.92. The first-order valence-electron chi connectivity index (χ1n) is 8.29. The molecule has 27 heavy (non-hydrogen) atoms. The molecule has 0 unspecified atom stereocenters. The maximum Gasteiger partial charge on any atom is 0.243 e. The van der Waals surface area contributed by atoms with E-state index in [4.69, 9.17) is 4.74 Å². The molecule has 0 radical (unpaired) electrons. The van der Waals surface area contributed by atoms with Crippen molar-refractivity contribution in [2.75, 3.05) is 17.7 Å². The van der Waals surface area contributed by atoms with Crippen LogP contribution in [0.5, 0.6) is 5.75 Å². The number of hydrogen-bond acceptors (Lipinski definition) is 4. The number of hydrogen-bond donors (Lipinski definition) is 1. The third kappa shape index (κ3) is 5.19. The van der Waals surface area contributed by atoms with Crippen molar-refractivity contribution in [3.63, 3.8) is 0 Å². The minimum absolute atomic E-state index is 0.159. The molecule has 2 aromatic rings. The lowest BCUT2D eigenvalue weighted by atomic mass is 10.1. The Hall–Kier alpha value is -2.61. The van der Waals surface area contributed by atoms with Gasteiger partial charge in [-0.05, 0) is 49.2 Å². The zero-order chi connectivity index (χ0) is 20.2. The Labute approximate surface area is 159 Å². The van der Waals surface area contributed by atoms with Crippen molar-refractivity contribution in [2.24, 2.45) is 0 Å². The van der Waals surface area contributed by atoms with Crippen LogP contribution in [0.3, 0.4) is 0 Å². The first-order chi connectivity index (χ1) is 12.6. The Morgan fingerprint density at radius 3 is 2.41 bits per heavy atom. The molecule has 6 nitrogen and oxygen atoms in total. The number of sulfonamides is 1. The second kappa shape index (κ2) is 8.39. The molecular weight excluding hydrogens is 371 g/mol. The molecule has 0 heterocycles. The van der Waals surface area contributed by atoms with E-state index >= 15 is 0 Å². The monoisotopic (exact) mass is 394 g/mol. The number of carbonyl (C=O) groups is 1. The fourth-order valence-electron chi connectivity index (χ4n) is 2.69. The Bertz CT molecular complexity index is 914. The average Bonchev–Trinajstić information content (AvgIpc) is 2.60. The molecule has 0 aliphatic carbocycles. The van der Waals surface area contributed by atoms with Gasteiger partial charge < -0.3 is 10.1 Å². The lowest BCUT2D eigenvalue weighted by molar-refractivity contribution is -0.122. The summed E-state index contributed by atoms with van der Waals surface area (Å²) in [6, 6.07) is 9.81. The summed E-state index contributed by atoms with van der Waals surface area (Å²) in [7, 11) is -2.32. The molecule has 146 valence electrons. The first kappa shape index (κ1) is 20.7. The van der Waals surface area contributed by atoms with Gasteiger partial charge in [-0.3, -0.25) is 9.10 Å². The zero-order valence-corrected chi connectivity index (χ0v) is 16.5. The Morgan fingerprint density at radius 1 is 1.22 bits per heavy atom. The number of carbonyl (C=O) groups excluding carboxylic acids is 1. The van der Waals surface area contributed by atoms with Crippen LogP contribution >= 0.6 is 0 Å². The van der Waals surface area contributed by atoms with Crippen LogP contribution in [0.25, 0.3) is 0 Å². The molecule has 1 atom stereocenters. The summed E-state index contributed by atoms with van der Waals surface area (Å²) >= 11 is 0. The highest BCUT2D eigenvalue weighted by atomic mass is 32.2. The minimum atomic E-state index is -3.76. The van der Waals surface area contributed by atoms with Crippen molar-refractivity contribution in [1.29, 1.82) is 0 Å². The molecular formula is C19H23FN2O4S. The van der Waals surface area contributed by atoms with Crippen LogP contribution < -0.4 is 14.4 Å². The van der Waals surface area contributed by atoms with Gasteiger partial charge in [0.25, 0.3) is 0 Å². The van der Waals surface area contributed by atoms with Gasteiger partial charge in [-0.25, -0.2) is 12.8 Å². The molecule has 0 aliphatic heterocycles. The molecule has 0 aliphatic rings. The molecule has 2 aromatic carbocycles. The predicted octanol–water partition coefficient (Wildman–Crippen LogP) is 2.61. The maximum atomic E-state index is 13.0. The fourth-order valence-corrected chi connectivity index (χ4v) is 3.86. The lowest BCUT2D eigenvalue weighted by Gasteiger charge is -2.29. The highest BCUT2D eigenvalue weighted by Gasteiger charge is 2.31. The summed E-state index contributed by atoms with van der Waals surface area (Å²) in [5, 5.41) is 2.68. The van der Waals surface area contributed by atoms with Crippen molar-refractivity contribution in [3.8, 4) is 5.75 Å². The number of aryl methyl sites for hydroxylation is 1. The van der Waals surface area contributed by atoms with Gasteiger partial charge in [0.2, 0.25) is 15.9 Å². The van der Waals surface area contributed by atoms with Crippen LogP contribution in [-0.2, 0) is 21.4 Å². The van der Waals surface area contributed by atoms with Gasteiger partial charge in [-0.15, -0.1) is 0 Å². The highest BCUT2D eigenvalue weighted by Crippen LogP contribution is 2.32. The van der Waals surface area contributed by atoms with Crippen LogP contribution in [0.2, 0.25) is 0 Å². The van der Waals surface area contributed by atoms with E-state index in [9.17, 15) is 17.6 Å². The van der Waals surface area contributed by atoms with E-state index in [2.05, 4.69) is 5.32 Å². The summed E-state index contributed by atoms with van der Waals surface area (Å²) in [5.74, 6) is -0.495. The largest absolute Gasteiger partial charge is 0.495 e. The number of methoxy groups -OCH3 is 1. The quantitative estimate of drug-likeness (QED) is 0.783. The van der Waals surface area contributed by atoms with Gasteiger partial charge in [0.05, 0.1) is 19.1 Å². The van der Waals surface area contributed by atoms with E-state index in [0.717, 1.165) is 16.1 Å². The van der Waals surface area contributed by atoms with E-state index in [1.807, 2.05) is 6.92 Å². The summed E-state index contributed by atoms with van der Waals surface area (Å²) in [5.41, 5.74) is 1.83. The summed E-state index contributed by atoms with van der Waals surface area (Å²) < 4.78 is 44.1. The van der Waals surface area contributed by atoms with Gasteiger partial charge in [-0.1, -0.05) is 18.2 Å². The maximum absolute atomic E-state index is 13.0. The van der Waals surface area contributed by atoms with Crippen molar-refractivity contribution in [1.82, 2.24) is 5.32 Å². The number of nitrogens with one attached hydrogen (secondary N) is 1. The Kier molecular flexibility index (Phi) is 6.43. The van der Waals surface area contributed by atoms with Crippen LogP contribution in [0.4, 0.5) is 10.1 Å². The molecule has 0 bridgehead atoms. The van der Waals surface area contributed by atoms with Crippen LogP contribution in [0.15, 0.2) is 42.5 Å². The molecule has 0 saturated heterocycles. The van der Waals surface area contributed by atoms with Crippen molar-refractivity contribution in [3.05, 3.63) is 59.4 Å². The average molecular weight is 394 g/mol. The standard InChI is InChI=1S/C19H23FN2O4S/c1-13-5-10-18(26-3)17(11-13)22(27(4,24)25)14(2)19(23)21-12-15-6-8-16(20)9-7-15/h5-11,14H,12H2,1-4H3,(H,21,23)/t14-/m1/s1. The smallest absolute Gasteiger partial charge is 0.243 e. The summed E-state index contributed by atoms with van der Waals surface area (Å²) in [4.78, 5) is 12.6. The second-order valence-corrected chi connectivity index (χ2v) is 8.11. The van der Waals surface area contributed by atoms with E-state index in [-0.39, 0.29) is 12.4 Å². The van der Waals surface area contributed by atoms with Gasteiger partial charge in [0.15, 0.2) is 0 Å². The number of ether oxygens (including phenoxy) is 1. The minimum Gasteiger partial charge on any atom is -0.495 e. The molecule has 0 saturated carbocycles. The number of halogens is 1. The molecule has 1 N–H and O–H groups in total. The van der Waals surface area contributed by atoms with Gasteiger partial charge in [0, 0.05) is 6.54 Å². The normalized spacial score (nSPS) is 12.3. The molecule has 8 heteroatoms. The van der Waals surface area contributed by atoms with E-state index in [1.54, 1.807) is 30.3 Å². The number of benzene rings is 2. The van der Waals surface area contributed by atoms with Crippen molar-refractivity contribution < 1.29 is 22.3 Å². The predicted molar refractivity (Wildman–Crippen MR) is 103 cm³/mol. The fraction of sp³-hybridized carbons (Fsp3) is 0.316. The van der Waals surface area contributed by atoms with Crippen molar-refractivity contribution >= 4 is 21.6 Å². The molecule has 1 amide bonds. The molecule has 0 spiro atoms. The molecule has 2 rings (SSSR count). The molecule has 0 aromatic heterocycles. The topological polar surface area (TPSA) is 75.7 Å². The number of amides is 1. The van der Waals surface area contributed by atoms with Crippen LogP contribution in [-0.4, -0.2) is 33.7 Å². The van der Waals surface area contributed by atoms with E-state index in [0.29, 0.717) is 17.0 Å². The van der Waals surface area contributed by atoms with E-state index < -0.39 is 22.0 Å². The number of nitrogens with zero attached hydrogens (tertiary/aromatic N) is 1. The third-order valence-corrected chi connectivity index (χ3v) is 5.27. The van der Waals surface area contributed by atoms with Gasteiger partial charge in [0.1, 0.15) is 17.6 Å². The lowest BCUT2D eigenvalue weighted by Crippen LogP contribution is -2.47. The van der Waals surface area contributed by atoms with Gasteiger partial charge in [-0.2, -0.15) is 0 Å². The van der Waals surface area contributed by atoms with E-state index in [1.165, 1.54) is 26.2 Å². The SMILES string of the molecule is COc1ccc(C)cc1N([C@H](C)C(=O)NCc1ccc(F)cc1)S(C)(=O)=O.